The smallest absolute Gasteiger partial charge is 0.331 e. The Morgan fingerprint density at radius 3 is 2.70 bits per heavy atom. The summed E-state index contributed by atoms with van der Waals surface area (Å²) in [6.45, 7) is 4.01. The van der Waals surface area contributed by atoms with E-state index >= 15 is 0 Å². The summed E-state index contributed by atoms with van der Waals surface area (Å²) in [5.74, 6) is -0.802. The molecule has 0 unspecified atom stereocenters. The molecule has 4 nitrogen and oxygen atoms in total. The lowest BCUT2D eigenvalue weighted by Crippen LogP contribution is -2.12. The molecule has 1 aromatic carbocycles. The number of carbonyl (C=O) groups excluding carboxylic acids is 1. The molecule has 110 valence electrons. The van der Waals surface area contributed by atoms with Gasteiger partial charge in [0, 0.05) is 6.08 Å². The highest BCUT2D eigenvalue weighted by molar-refractivity contribution is 5.87. The van der Waals surface area contributed by atoms with Crippen LogP contribution in [0.1, 0.15) is 45.1 Å². The lowest BCUT2D eigenvalue weighted by molar-refractivity contribution is -0.142. The molecule has 1 rings (SSSR count). The number of benzene rings is 1. The van der Waals surface area contributed by atoms with E-state index in [9.17, 15) is 15.0 Å². The summed E-state index contributed by atoms with van der Waals surface area (Å²) in [5.41, 5.74) is 0.621. The van der Waals surface area contributed by atoms with Crippen LogP contribution in [0.3, 0.4) is 0 Å². The number of unbranched alkanes of at least 4 members (excludes halogenated alkanes) is 2. The van der Waals surface area contributed by atoms with E-state index in [0.29, 0.717) is 5.56 Å². The normalized spacial score (nSPS) is 12.5. The number of hydrogen-bond acceptors (Lipinski definition) is 4. The Kier molecular flexibility index (Phi) is 6.64. The van der Waals surface area contributed by atoms with Gasteiger partial charge >= 0.3 is 5.97 Å². The highest BCUT2D eigenvalue weighted by atomic mass is 16.5. The van der Waals surface area contributed by atoms with Gasteiger partial charge in [-0.05, 0) is 43.5 Å². The Labute approximate surface area is 119 Å². The number of hydrogen-bond donors (Lipinski definition) is 2. The first kappa shape index (κ1) is 16.1. The monoisotopic (exact) mass is 278 g/mol. The summed E-state index contributed by atoms with van der Waals surface area (Å²) in [4.78, 5) is 11.6. The topological polar surface area (TPSA) is 66.8 Å². The zero-order valence-electron chi connectivity index (χ0n) is 12.0. The maximum absolute atomic E-state index is 11.6. The Morgan fingerprint density at radius 2 is 2.05 bits per heavy atom. The van der Waals surface area contributed by atoms with Crippen LogP contribution in [0, 0.1) is 0 Å². The average Bonchev–Trinajstić information content (AvgIpc) is 2.40. The Morgan fingerprint density at radius 1 is 1.30 bits per heavy atom. The third-order valence-corrected chi connectivity index (χ3v) is 2.94. The molecule has 0 bridgehead atoms. The Hall–Kier alpha value is -1.97. The molecule has 0 spiro atoms. The first-order chi connectivity index (χ1) is 9.52. The van der Waals surface area contributed by atoms with Crippen LogP contribution >= 0.6 is 0 Å². The van der Waals surface area contributed by atoms with E-state index < -0.39 is 5.97 Å². The van der Waals surface area contributed by atoms with Gasteiger partial charge in [-0.15, -0.1) is 0 Å². The highest BCUT2D eigenvalue weighted by Crippen LogP contribution is 2.25. The number of aromatic hydroxyl groups is 2. The molecule has 0 amide bonds. The van der Waals surface area contributed by atoms with Crippen molar-refractivity contribution in [3.8, 4) is 11.5 Å². The second-order valence-electron chi connectivity index (χ2n) is 4.82. The largest absolute Gasteiger partial charge is 0.504 e. The van der Waals surface area contributed by atoms with E-state index in [2.05, 4.69) is 6.92 Å². The van der Waals surface area contributed by atoms with Gasteiger partial charge < -0.3 is 14.9 Å². The molecule has 20 heavy (non-hydrogen) atoms. The van der Waals surface area contributed by atoms with Crippen molar-refractivity contribution in [3.63, 3.8) is 0 Å². The minimum atomic E-state index is -0.401. The van der Waals surface area contributed by atoms with Gasteiger partial charge in [-0.25, -0.2) is 4.79 Å². The van der Waals surface area contributed by atoms with Crippen LogP contribution in [-0.4, -0.2) is 22.3 Å². The van der Waals surface area contributed by atoms with E-state index in [1.807, 2.05) is 6.92 Å². The Balaban J connectivity index is 2.44. The molecule has 0 saturated heterocycles. The van der Waals surface area contributed by atoms with Gasteiger partial charge in [-0.1, -0.05) is 25.8 Å². The first-order valence-electron chi connectivity index (χ1n) is 6.93. The minimum absolute atomic E-state index is 0.0908. The van der Waals surface area contributed by atoms with Crippen molar-refractivity contribution in [2.75, 3.05) is 0 Å². The van der Waals surface area contributed by atoms with Gasteiger partial charge in [0.05, 0.1) is 6.10 Å². The van der Waals surface area contributed by atoms with Crippen molar-refractivity contribution in [2.24, 2.45) is 0 Å². The van der Waals surface area contributed by atoms with E-state index in [1.165, 1.54) is 18.2 Å². The van der Waals surface area contributed by atoms with E-state index in [-0.39, 0.29) is 17.6 Å². The van der Waals surface area contributed by atoms with Crippen molar-refractivity contribution >= 4 is 12.0 Å². The van der Waals surface area contributed by atoms with Crippen LogP contribution < -0.4 is 0 Å². The fourth-order valence-electron chi connectivity index (χ4n) is 1.79. The molecule has 0 aliphatic carbocycles. The average molecular weight is 278 g/mol. The maximum atomic E-state index is 11.6. The van der Waals surface area contributed by atoms with E-state index in [4.69, 9.17) is 4.74 Å². The van der Waals surface area contributed by atoms with Crippen molar-refractivity contribution in [1.29, 1.82) is 0 Å². The molecule has 0 aromatic heterocycles. The lowest BCUT2D eigenvalue weighted by Gasteiger charge is -2.11. The van der Waals surface area contributed by atoms with Crippen molar-refractivity contribution in [3.05, 3.63) is 29.8 Å². The van der Waals surface area contributed by atoms with Crippen molar-refractivity contribution in [1.82, 2.24) is 0 Å². The van der Waals surface area contributed by atoms with Crippen molar-refractivity contribution < 1.29 is 19.7 Å². The molecular formula is C16H22O4. The maximum Gasteiger partial charge on any atom is 0.331 e. The van der Waals surface area contributed by atoms with E-state index in [1.54, 1.807) is 12.1 Å². The molecule has 0 aliphatic heterocycles. The van der Waals surface area contributed by atoms with Crippen LogP contribution in [0.5, 0.6) is 11.5 Å². The molecule has 1 atom stereocenters. The summed E-state index contributed by atoms with van der Waals surface area (Å²) in [6, 6.07) is 4.35. The lowest BCUT2D eigenvalue weighted by atomic mass is 10.1. The van der Waals surface area contributed by atoms with Gasteiger partial charge in [-0.3, -0.25) is 0 Å². The predicted octanol–water partition coefficient (Wildman–Crippen LogP) is 3.62. The summed E-state index contributed by atoms with van der Waals surface area (Å²) in [5, 5.41) is 18.5. The van der Waals surface area contributed by atoms with Crippen LogP contribution in [0.25, 0.3) is 6.08 Å². The number of phenols is 2. The second kappa shape index (κ2) is 8.25. The van der Waals surface area contributed by atoms with Crippen LogP contribution in [0.4, 0.5) is 0 Å². The molecule has 2 N–H and O–H groups in total. The SMILES string of the molecule is CCCCC[C@H](C)OC(=O)C=Cc1ccc(O)c(O)c1. The minimum Gasteiger partial charge on any atom is -0.504 e. The van der Waals surface area contributed by atoms with Gasteiger partial charge in [0.1, 0.15) is 0 Å². The summed E-state index contributed by atoms with van der Waals surface area (Å²) in [6.07, 6.45) is 6.98. The summed E-state index contributed by atoms with van der Waals surface area (Å²) < 4.78 is 5.23. The third kappa shape index (κ3) is 5.78. The van der Waals surface area contributed by atoms with Gasteiger partial charge in [0.2, 0.25) is 0 Å². The second-order valence-corrected chi connectivity index (χ2v) is 4.82. The number of esters is 1. The first-order valence-corrected chi connectivity index (χ1v) is 6.93. The third-order valence-electron chi connectivity index (χ3n) is 2.94. The number of rotatable bonds is 7. The zero-order valence-corrected chi connectivity index (χ0v) is 12.0. The number of carbonyl (C=O) groups is 1. The molecule has 0 radical (unpaired) electrons. The van der Waals surface area contributed by atoms with Gasteiger partial charge in [-0.2, -0.15) is 0 Å². The van der Waals surface area contributed by atoms with Crippen LogP contribution in [0.15, 0.2) is 24.3 Å². The zero-order chi connectivity index (χ0) is 15.0. The molecule has 0 heterocycles. The quantitative estimate of drug-likeness (QED) is 0.346. The number of phenolic OH excluding ortho intramolecular Hbond substituents is 2. The predicted molar refractivity (Wildman–Crippen MR) is 78.5 cm³/mol. The van der Waals surface area contributed by atoms with Gasteiger partial charge in [0.25, 0.3) is 0 Å². The van der Waals surface area contributed by atoms with Crippen LogP contribution in [0.2, 0.25) is 0 Å². The standard InChI is InChI=1S/C16H22O4/c1-3-4-5-6-12(2)20-16(19)10-8-13-7-9-14(17)15(18)11-13/h7-12,17-18H,3-6H2,1-2H3/t12-/m0/s1. The molecule has 0 saturated carbocycles. The Bertz CT molecular complexity index is 466. The molecule has 0 aliphatic rings. The molecule has 1 aromatic rings. The highest BCUT2D eigenvalue weighted by Gasteiger charge is 2.06. The molecule has 4 heteroatoms. The van der Waals surface area contributed by atoms with Crippen LogP contribution in [-0.2, 0) is 9.53 Å². The van der Waals surface area contributed by atoms with E-state index in [0.717, 1.165) is 25.7 Å². The summed E-state index contributed by atoms with van der Waals surface area (Å²) >= 11 is 0. The summed E-state index contributed by atoms with van der Waals surface area (Å²) in [7, 11) is 0. The molecular weight excluding hydrogens is 256 g/mol. The fraction of sp³-hybridized carbons (Fsp3) is 0.438. The van der Waals surface area contributed by atoms with Crippen molar-refractivity contribution in [2.45, 2.75) is 45.6 Å². The number of ether oxygens (including phenoxy) is 1. The fourth-order valence-corrected chi connectivity index (χ4v) is 1.79. The molecule has 0 fully saturated rings. The van der Waals surface area contributed by atoms with Gasteiger partial charge in [0.15, 0.2) is 11.5 Å².